The smallest absolute Gasteiger partial charge is 0.407 e. The molecule has 0 heterocycles. The molecule has 0 fully saturated rings. The monoisotopic (exact) mass is 318 g/mol. The summed E-state index contributed by atoms with van der Waals surface area (Å²) in [4.78, 5) is 21.2. The minimum atomic E-state index is -3.54. The molecule has 0 spiro atoms. The Bertz CT molecular complexity index is 598. The number of nitro benzene ring substituents is 1. The molecule has 21 heavy (non-hydrogen) atoms. The molecule has 0 saturated heterocycles. The zero-order valence-corrected chi connectivity index (χ0v) is 12.0. The number of nitrogens with one attached hydrogen (secondary N) is 1. The van der Waals surface area contributed by atoms with Gasteiger partial charge >= 0.3 is 6.09 Å². The first-order valence-electron chi connectivity index (χ1n) is 5.76. The molecule has 10 heteroatoms. The van der Waals surface area contributed by atoms with Crippen molar-refractivity contribution in [2.24, 2.45) is 0 Å². The standard InChI is InChI=1S/C11H14N2O7S/c1-21(17,18)20-7-6-12-11(14)19-8-9-2-4-10(5-3-9)13(15)16/h2-5H,6-8H2,1H3,(H,12,14). The van der Waals surface area contributed by atoms with Gasteiger partial charge < -0.3 is 10.1 Å². The lowest BCUT2D eigenvalue weighted by Gasteiger charge is -2.06. The summed E-state index contributed by atoms with van der Waals surface area (Å²) < 4.78 is 30.5. The third-order valence-corrected chi connectivity index (χ3v) is 2.78. The van der Waals surface area contributed by atoms with Crippen molar-refractivity contribution < 1.29 is 27.1 Å². The minimum absolute atomic E-state index is 0.0217. The Morgan fingerprint density at radius 3 is 2.48 bits per heavy atom. The Balaban J connectivity index is 2.28. The van der Waals surface area contributed by atoms with Crippen LogP contribution < -0.4 is 5.32 Å². The Kier molecular flexibility index (Phi) is 6.06. The van der Waals surface area contributed by atoms with Crippen LogP contribution in [-0.2, 0) is 25.6 Å². The van der Waals surface area contributed by atoms with Crippen molar-refractivity contribution >= 4 is 21.9 Å². The highest BCUT2D eigenvalue weighted by Gasteiger charge is 2.07. The Labute approximate surface area is 121 Å². The molecule has 0 aliphatic carbocycles. The Hall–Kier alpha value is -2.20. The van der Waals surface area contributed by atoms with Crippen LogP contribution in [0.25, 0.3) is 0 Å². The first-order chi connectivity index (χ1) is 9.78. The average Bonchev–Trinajstić information content (AvgIpc) is 2.41. The summed E-state index contributed by atoms with van der Waals surface area (Å²) in [5.74, 6) is 0. The molecule has 9 nitrogen and oxygen atoms in total. The molecule has 0 unspecified atom stereocenters. The molecule has 1 rings (SSSR count). The third-order valence-electron chi connectivity index (χ3n) is 2.19. The van der Waals surface area contributed by atoms with Crippen LogP contribution in [0.5, 0.6) is 0 Å². The molecule has 0 aliphatic rings. The van der Waals surface area contributed by atoms with Gasteiger partial charge in [0.1, 0.15) is 6.61 Å². The number of rotatable bonds is 7. The van der Waals surface area contributed by atoms with Gasteiger partial charge in [-0.2, -0.15) is 8.42 Å². The maximum absolute atomic E-state index is 11.3. The van der Waals surface area contributed by atoms with Crippen LogP contribution in [0.2, 0.25) is 0 Å². The molecule has 0 aliphatic heterocycles. The molecule has 0 atom stereocenters. The van der Waals surface area contributed by atoms with Gasteiger partial charge in [0.15, 0.2) is 0 Å². The van der Waals surface area contributed by atoms with Gasteiger partial charge in [-0.05, 0) is 17.7 Å². The van der Waals surface area contributed by atoms with Gasteiger partial charge in [-0.25, -0.2) is 4.79 Å². The number of nitrogens with zero attached hydrogens (tertiary/aromatic N) is 1. The van der Waals surface area contributed by atoms with Crippen molar-refractivity contribution in [2.45, 2.75) is 6.61 Å². The average molecular weight is 318 g/mol. The van der Waals surface area contributed by atoms with E-state index in [0.717, 1.165) is 6.26 Å². The second-order valence-electron chi connectivity index (χ2n) is 3.95. The van der Waals surface area contributed by atoms with E-state index >= 15 is 0 Å². The zero-order valence-electron chi connectivity index (χ0n) is 11.1. The predicted molar refractivity (Wildman–Crippen MR) is 72.1 cm³/mol. The van der Waals surface area contributed by atoms with E-state index in [2.05, 4.69) is 9.50 Å². The lowest BCUT2D eigenvalue weighted by atomic mass is 10.2. The molecule has 0 radical (unpaired) electrons. The number of carbonyl (C=O) groups excluding carboxylic acids is 1. The molecule has 0 saturated carbocycles. The summed E-state index contributed by atoms with van der Waals surface area (Å²) in [5.41, 5.74) is 0.532. The van der Waals surface area contributed by atoms with Crippen molar-refractivity contribution in [1.82, 2.24) is 5.32 Å². The van der Waals surface area contributed by atoms with Gasteiger partial charge in [0.25, 0.3) is 15.8 Å². The van der Waals surface area contributed by atoms with Gasteiger partial charge in [0, 0.05) is 18.7 Å². The predicted octanol–water partition coefficient (Wildman–Crippen LogP) is 0.797. The van der Waals surface area contributed by atoms with Crippen LogP contribution >= 0.6 is 0 Å². The van der Waals surface area contributed by atoms with Gasteiger partial charge in [0.2, 0.25) is 0 Å². The van der Waals surface area contributed by atoms with Crippen LogP contribution in [0.1, 0.15) is 5.56 Å². The Morgan fingerprint density at radius 2 is 1.95 bits per heavy atom. The van der Waals surface area contributed by atoms with Crippen LogP contribution in [0.3, 0.4) is 0 Å². The molecule has 0 aromatic heterocycles. The maximum Gasteiger partial charge on any atom is 0.407 e. The van der Waals surface area contributed by atoms with Crippen molar-refractivity contribution in [2.75, 3.05) is 19.4 Å². The molecule has 116 valence electrons. The van der Waals surface area contributed by atoms with E-state index in [1.807, 2.05) is 0 Å². The van der Waals surface area contributed by atoms with E-state index in [1.54, 1.807) is 0 Å². The quantitative estimate of drug-likeness (QED) is 0.341. The second kappa shape index (κ2) is 7.55. The van der Waals surface area contributed by atoms with Crippen molar-refractivity contribution in [1.29, 1.82) is 0 Å². The lowest BCUT2D eigenvalue weighted by molar-refractivity contribution is -0.384. The largest absolute Gasteiger partial charge is 0.445 e. The van der Waals surface area contributed by atoms with Gasteiger partial charge in [-0.15, -0.1) is 0 Å². The number of non-ortho nitro benzene ring substituents is 1. The second-order valence-corrected chi connectivity index (χ2v) is 5.60. The van der Waals surface area contributed by atoms with Crippen LogP contribution in [0.15, 0.2) is 24.3 Å². The molecule has 1 N–H and O–H groups in total. The van der Waals surface area contributed by atoms with E-state index < -0.39 is 21.1 Å². The highest BCUT2D eigenvalue weighted by Crippen LogP contribution is 2.12. The fraction of sp³-hybridized carbons (Fsp3) is 0.364. The highest BCUT2D eigenvalue weighted by molar-refractivity contribution is 7.85. The van der Waals surface area contributed by atoms with Gasteiger partial charge in [-0.3, -0.25) is 14.3 Å². The number of carbonyl (C=O) groups is 1. The maximum atomic E-state index is 11.3. The summed E-state index contributed by atoms with van der Waals surface area (Å²) in [7, 11) is -3.54. The fourth-order valence-electron chi connectivity index (χ4n) is 1.26. The molecule has 1 aromatic carbocycles. The van der Waals surface area contributed by atoms with E-state index in [9.17, 15) is 23.3 Å². The minimum Gasteiger partial charge on any atom is -0.445 e. The van der Waals surface area contributed by atoms with E-state index in [4.69, 9.17) is 4.74 Å². The van der Waals surface area contributed by atoms with Crippen molar-refractivity contribution in [3.05, 3.63) is 39.9 Å². The third kappa shape index (κ3) is 7.22. The van der Waals surface area contributed by atoms with E-state index in [1.165, 1.54) is 24.3 Å². The first kappa shape index (κ1) is 16.9. The van der Waals surface area contributed by atoms with Gasteiger partial charge in [-0.1, -0.05) is 0 Å². The van der Waals surface area contributed by atoms with E-state index in [-0.39, 0.29) is 25.4 Å². The molecular formula is C11H14N2O7S. The summed E-state index contributed by atoms with van der Waals surface area (Å²) in [6.07, 6.45) is 0.158. The number of benzene rings is 1. The summed E-state index contributed by atoms with van der Waals surface area (Å²) in [6.45, 7) is -0.269. The summed E-state index contributed by atoms with van der Waals surface area (Å²) >= 11 is 0. The summed E-state index contributed by atoms with van der Waals surface area (Å²) in [6, 6.07) is 5.55. The SMILES string of the molecule is CS(=O)(=O)OCCNC(=O)OCc1ccc([N+](=O)[O-])cc1. The molecular weight excluding hydrogens is 304 g/mol. The van der Waals surface area contributed by atoms with Crippen LogP contribution in [-0.4, -0.2) is 38.8 Å². The van der Waals surface area contributed by atoms with Crippen molar-refractivity contribution in [3.8, 4) is 0 Å². The fourth-order valence-corrected chi connectivity index (χ4v) is 1.65. The van der Waals surface area contributed by atoms with Gasteiger partial charge in [0.05, 0.1) is 17.8 Å². The normalized spacial score (nSPS) is 10.9. The zero-order chi connectivity index (χ0) is 15.9. The highest BCUT2D eigenvalue weighted by atomic mass is 32.2. The number of amides is 1. The number of hydrogen-bond acceptors (Lipinski definition) is 7. The summed E-state index contributed by atoms with van der Waals surface area (Å²) in [5, 5.41) is 12.7. The number of nitro groups is 1. The number of alkyl carbamates (subject to hydrolysis) is 1. The number of hydrogen-bond donors (Lipinski definition) is 1. The lowest BCUT2D eigenvalue weighted by Crippen LogP contribution is -2.28. The Morgan fingerprint density at radius 1 is 1.33 bits per heavy atom. The van der Waals surface area contributed by atoms with Crippen LogP contribution in [0.4, 0.5) is 10.5 Å². The molecule has 1 amide bonds. The van der Waals surface area contributed by atoms with E-state index in [0.29, 0.717) is 5.56 Å². The number of ether oxygens (including phenoxy) is 1. The van der Waals surface area contributed by atoms with Crippen molar-refractivity contribution in [3.63, 3.8) is 0 Å². The molecule has 0 bridgehead atoms. The topological polar surface area (TPSA) is 125 Å². The molecule has 1 aromatic rings. The van der Waals surface area contributed by atoms with Crippen LogP contribution in [0, 0.1) is 10.1 Å². The first-order valence-corrected chi connectivity index (χ1v) is 7.58.